The van der Waals surface area contributed by atoms with Crippen LogP contribution in [0.1, 0.15) is 10.4 Å². The number of carbonyl (C=O) groups excluding carboxylic acids is 1. The number of hydrogen-bond donors (Lipinski definition) is 2. The summed E-state index contributed by atoms with van der Waals surface area (Å²) in [5.74, 6) is -3.85. The minimum atomic E-state index is -1.22. The fourth-order valence-electron chi connectivity index (χ4n) is 1.62. The van der Waals surface area contributed by atoms with Crippen molar-refractivity contribution in [2.24, 2.45) is 5.73 Å². The standard InChI is InChI=1S/C13H8BrClF2N2O2/c14-5-1-9(16)11(17)10(2-5)21-12-7(13(19)20)3-6(18)4-8(12)15/h1-4H,18H2,(H2,19,20). The number of carbonyl (C=O) groups is 1. The van der Waals surface area contributed by atoms with Gasteiger partial charge in [-0.25, -0.2) is 4.39 Å². The lowest BCUT2D eigenvalue weighted by Crippen LogP contribution is -2.13. The highest BCUT2D eigenvalue weighted by molar-refractivity contribution is 9.10. The van der Waals surface area contributed by atoms with Crippen LogP contribution in [0.5, 0.6) is 11.5 Å². The molecule has 0 heterocycles. The average Bonchev–Trinajstić information content (AvgIpc) is 2.37. The summed E-state index contributed by atoms with van der Waals surface area (Å²) in [5, 5.41) is -0.0522. The molecule has 2 rings (SSSR count). The molecule has 0 saturated carbocycles. The van der Waals surface area contributed by atoms with E-state index >= 15 is 0 Å². The van der Waals surface area contributed by atoms with Gasteiger partial charge in [-0.2, -0.15) is 4.39 Å². The van der Waals surface area contributed by atoms with Gasteiger partial charge in [-0.15, -0.1) is 0 Å². The normalized spacial score (nSPS) is 10.5. The third kappa shape index (κ3) is 3.25. The van der Waals surface area contributed by atoms with E-state index in [4.69, 9.17) is 27.8 Å². The number of primary amides is 1. The molecular weight excluding hydrogens is 370 g/mol. The van der Waals surface area contributed by atoms with E-state index in [1.54, 1.807) is 0 Å². The first-order valence-corrected chi connectivity index (χ1v) is 6.68. The van der Waals surface area contributed by atoms with Gasteiger partial charge in [0, 0.05) is 10.2 Å². The van der Waals surface area contributed by atoms with Gasteiger partial charge in [-0.3, -0.25) is 4.79 Å². The number of hydrogen-bond acceptors (Lipinski definition) is 3. The van der Waals surface area contributed by atoms with Crippen LogP contribution in [0.4, 0.5) is 14.5 Å². The van der Waals surface area contributed by atoms with E-state index in [1.807, 2.05) is 0 Å². The third-order valence-electron chi connectivity index (χ3n) is 2.50. The Morgan fingerprint density at radius 1 is 1.24 bits per heavy atom. The second-order valence-electron chi connectivity index (χ2n) is 4.05. The maximum atomic E-state index is 13.7. The van der Waals surface area contributed by atoms with Gasteiger partial charge in [0.05, 0.1) is 10.6 Å². The zero-order valence-electron chi connectivity index (χ0n) is 10.3. The van der Waals surface area contributed by atoms with E-state index in [9.17, 15) is 13.6 Å². The second-order valence-corrected chi connectivity index (χ2v) is 5.37. The molecule has 0 aliphatic rings. The van der Waals surface area contributed by atoms with Gasteiger partial charge in [0.1, 0.15) is 0 Å². The third-order valence-corrected chi connectivity index (χ3v) is 3.24. The number of anilines is 1. The molecule has 0 bridgehead atoms. The summed E-state index contributed by atoms with van der Waals surface area (Å²) in [6, 6.07) is 4.66. The van der Waals surface area contributed by atoms with Crippen LogP contribution in [0.3, 0.4) is 0 Å². The van der Waals surface area contributed by atoms with Crippen LogP contribution in [-0.4, -0.2) is 5.91 Å². The number of benzene rings is 2. The van der Waals surface area contributed by atoms with Gasteiger partial charge in [-0.1, -0.05) is 27.5 Å². The van der Waals surface area contributed by atoms with Crippen molar-refractivity contribution >= 4 is 39.1 Å². The molecule has 2 aromatic rings. The number of ether oxygens (including phenoxy) is 1. The predicted molar refractivity (Wildman–Crippen MR) is 78.5 cm³/mol. The van der Waals surface area contributed by atoms with E-state index in [0.717, 1.165) is 6.07 Å². The molecule has 0 spiro atoms. The average molecular weight is 378 g/mol. The summed E-state index contributed by atoms with van der Waals surface area (Å²) in [5.41, 5.74) is 10.8. The SMILES string of the molecule is NC(=O)c1cc(N)cc(Cl)c1Oc1cc(Br)cc(F)c1F. The highest BCUT2D eigenvalue weighted by atomic mass is 79.9. The molecule has 4 nitrogen and oxygen atoms in total. The summed E-state index contributed by atoms with van der Waals surface area (Å²) in [6.07, 6.45) is 0. The molecule has 0 unspecified atom stereocenters. The minimum Gasteiger partial charge on any atom is -0.452 e. The molecule has 0 saturated heterocycles. The lowest BCUT2D eigenvalue weighted by atomic mass is 10.1. The van der Waals surface area contributed by atoms with Crippen molar-refractivity contribution in [3.8, 4) is 11.5 Å². The number of rotatable bonds is 3. The topological polar surface area (TPSA) is 78.3 Å². The monoisotopic (exact) mass is 376 g/mol. The van der Waals surface area contributed by atoms with E-state index in [-0.39, 0.29) is 26.5 Å². The zero-order valence-corrected chi connectivity index (χ0v) is 12.6. The Morgan fingerprint density at radius 3 is 2.52 bits per heavy atom. The highest BCUT2D eigenvalue weighted by Gasteiger charge is 2.19. The molecule has 8 heteroatoms. The van der Waals surface area contributed by atoms with Crippen molar-refractivity contribution in [2.75, 3.05) is 5.73 Å². The number of halogens is 4. The Labute approximate surface area is 131 Å². The van der Waals surface area contributed by atoms with Gasteiger partial charge in [-0.05, 0) is 24.3 Å². The molecule has 0 fully saturated rings. The molecule has 0 atom stereocenters. The van der Waals surface area contributed by atoms with Crippen LogP contribution in [0, 0.1) is 11.6 Å². The van der Waals surface area contributed by atoms with Crippen molar-refractivity contribution < 1.29 is 18.3 Å². The van der Waals surface area contributed by atoms with Gasteiger partial charge in [0.15, 0.2) is 17.3 Å². The number of amides is 1. The van der Waals surface area contributed by atoms with Crippen molar-refractivity contribution in [1.29, 1.82) is 0 Å². The summed E-state index contributed by atoms with van der Waals surface area (Å²) >= 11 is 8.93. The first kappa shape index (κ1) is 15.5. The highest BCUT2D eigenvalue weighted by Crippen LogP contribution is 2.37. The lowest BCUT2D eigenvalue weighted by Gasteiger charge is -2.13. The maximum absolute atomic E-state index is 13.7. The van der Waals surface area contributed by atoms with Crippen molar-refractivity contribution in [1.82, 2.24) is 0 Å². The first-order chi connectivity index (χ1) is 9.79. The quantitative estimate of drug-likeness (QED) is 0.630. The predicted octanol–water partition coefficient (Wildman–Crippen LogP) is 3.85. The van der Waals surface area contributed by atoms with E-state index in [0.29, 0.717) is 0 Å². The van der Waals surface area contributed by atoms with Crippen LogP contribution in [0.25, 0.3) is 0 Å². The second kappa shape index (κ2) is 5.87. The summed E-state index contributed by atoms with van der Waals surface area (Å²) in [4.78, 5) is 11.4. The maximum Gasteiger partial charge on any atom is 0.252 e. The van der Waals surface area contributed by atoms with Crippen LogP contribution in [0.15, 0.2) is 28.7 Å². The van der Waals surface area contributed by atoms with Crippen LogP contribution >= 0.6 is 27.5 Å². The summed E-state index contributed by atoms with van der Waals surface area (Å²) in [6.45, 7) is 0. The molecular formula is C13H8BrClF2N2O2. The van der Waals surface area contributed by atoms with Gasteiger partial charge < -0.3 is 16.2 Å². The molecule has 110 valence electrons. The number of nitrogen functional groups attached to an aromatic ring is 1. The van der Waals surface area contributed by atoms with E-state index in [2.05, 4.69) is 15.9 Å². The van der Waals surface area contributed by atoms with E-state index < -0.39 is 23.3 Å². The first-order valence-electron chi connectivity index (χ1n) is 5.51. The molecule has 1 amide bonds. The molecule has 2 aromatic carbocycles. The smallest absolute Gasteiger partial charge is 0.252 e. The molecule has 21 heavy (non-hydrogen) atoms. The molecule has 0 aromatic heterocycles. The fourth-order valence-corrected chi connectivity index (χ4v) is 2.29. The van der Waals surface area contributed by atoms with Crippen LogP contribution in [-0.2, 0) is 0 Å². The lowest BCUT2D eigenvalue weighted by molar-refractivity contribution is 0.0998. The minimum absolute atomic E-state index is 0.0522. The van der Waals surface area contributed by atoms with Crippen molar-refractivity contribution in [2.45, 2.75) is 0 Å². The zero-order chi connectivity index (χ0) is 15.7. The molecule has 4 N–H and O–H groups in total. The van der Waals surface area contributed by atoms with Crippen molar-refractivity contribution in [3.63, 3.8) is 0 Å². The van der Waals surface area contributed by atoms with Crippen molar-refractivity contribution in [3.05, 3.63) is 51.0 Å². The van der Waals surface area contributed by atoms with Gasteiger partial charge in [0.25, 0.3) is 5.91 Å². The molecule has 0 aliphatic heterocycles. The number of nitrogens with two attached hydrogens (primary N) is 2. The Morgan fingerprint density at radius 2 is 1.90 bits per heavy atom. The van der Waals surface area contributed by atoms with Crippen LogP contribution in [0.2, 0.25) is 5.02 Å². The van der Waals surface area contributed by atoms with Gasteiger partial charge in [0.2, 0.25) is 5.82 Å². The van der Waals surface area contributed by atoms with Gasteiger partial charge >= 0.3 is 0 Å². The summed E-state index contributed by atoms with van der Waals surface area (Å²) in [7, 11) is 0. The fraction of sp³-hybridized carbons (Fsp3) is 0. The molecule has 0 radical (unpaired) electrons. The Bertz CT molecular complexity index is 741. The molecule has 0 aliphatic carbocycles. The van der Waals surface area contributed by atoms with E-state index in [1.165, 1.54) is 18.2 Å². The largest absolute Gasteiger partial charge is 0.452 e. The Hall–Kier alpha value is -1.86. The van der Waals surface area contributed by atoms with Crippen LogP contribution < -0.4 is 16.2 Å². The summed E-state index contributed by atoms with van der Waals surface area (Å²) < 4.78 is 32.5. The Kier molecular flexibility index (Phi) is 4.34. The Balaban J connectivity index is 2.57.